The number of ether oxygens (including phenoxy) is 2. The molecule has 6 rings (SSSR count). The Kier molecular flexibility index (Phi) is 6.03. The predicted octanol–water partition coefficient (Wildman–Crippen LogP) is 6.70. The number of aliphatic carboxylic acids is 1. The molecule has 0 radical (unpaired) electrons. The van der Waals surface area contributed by atoms with Crippen molar-refractivity contribution in [2.24, 2.45) is 0 Å². The first-order valence-corrected chi connectivity index (χ1v) is 13.0. The quantitative estimate of drug-likeness (QED) is 0.276. The number of rotatable bonds is 5. The Bertz CT molecular complexity index is 1730. The zero-order valence-corrected chi connectivity index (χ0v) is 22.4. The summed E-state index contributed by atoms with van der Waals surface area (Å²) in [6.07, 6.45) is 4.90. The smallest absolute Gasteiger partial charge is 0.337 e. The number of pyridine rings is 3. The van der Waals surface area contributed by atoms with Crippen LogP contribution in [0.2, 0.25) is 0 Å². The molecular formula is C32H29N3O4. The number of fused-ring (bicyclic) bond motifs is 1. The van der Waals surface area contributed by atoms with Crippen molar-refractivity contribution < 1.29 is 19.4 Å². The van der Waals surface area contributed by atoms with Gasteiger partial charge in [-0.25, -0.2) is 9.78 Å². The molecule has 2 aromatic carbocycles. The molecule has 39 heavy (non-hydrogen) atoms. The Morgan fingerprint density at radius 2 is 1.85 bits per heavy atom. The van der Waals surface area contributed by atoms with Gasteiger partial charge in [0.05, 0.1) is 28.9 Å². The second-order valence-corrected chi connectivity index (χ2v) is 10.8. The summed E-state index contributed by atoms with van der Waals surface area (Å²) in [5.74, 6) is -0.255. The maximum atomic E-state index is 12.7. The summed E-state index contributed by atoms with van der Waals surface area (Å²) in [4.78, 5) is 26.6. The van der Waals surface area contributed by atoms with E-state index in [1.165, 1.54) is 5.56 Å². The van der Waals surface area contributed by atoms with Crippen LogP contribution in [0.25, 0.3) is 44.2 Å². The highest BCUT2D eigenvalue weighted by atomic mass is 16.5. The highest BCUT2D eigenvalue weighted by Crippen LogP contribution is 2.45. The average molecular weight is 520 g/mol. The van der Waals surface area contributed by atoms with Crippen molar-refractivity contribution in [3.63, 3.8) is 0 Å². The molecule has 7 heteroatoms. The van der Waals surface area contributed by atoms with Gasteiger partial charge in [0, 0.05) is 52.5 Å². The van der Waals surface area contributed by atoms with Gasteiger partial charge in [-0.05, 0) is 86.8 Å². The molecule has 0 amide bonds. The molecule has 0 fully saturated rings. The van der Waals surface area contributed by atoms with E-state index in [2.05, 4.69) is 4.98 Å². The summed E-state index contributed by atoms with van der Waals surface area (Å²) in [5.41, 5.74) is 6.75. The number of carboxylic acids is 1. The van der Waals surface area contributed by atoms with Gasteiger partial charge in [0.25, 0.3) is 0 Å². The molecule has 0 spiro atoms. The monoisotopic (exact) mass is 519 g/mol. The largest absolute Gasteiger partial charge is 0.493 e. The molecule has 0 bridgehead atoms. The van der Waals surface area contributed by atoms with Crippen molar-refractivity contribution in [3.05, 3.63) is 83.8 Å². The van der Waals surface area contributed by atoms with Gasteiger partial charge in [-0.15, -0.1) is 0 Å². The normalized spacial score (nSPS) is 13.8. The van der Waals surface area contributed by atoms with E-state index in [0.717, 1.165) is 61.9 Å². The van der Waals surface area contributed by atoms with Crippen molar-refractivity contribution in [3.8, 4) is 28.1 Å². The summed E-state index contributed by atoms with van der Waals surface area (Å²) in [6.45, 7) is 8.13. The molecule has 4 heterocycles. The zero-order chi connectivity index (χ0) is 27.3. The number of nitrogens with zero attached hydrogens (tertiary/aromatic N) is 3. The standard InChI is InChI=1S/C32H29N3O4/c1-18-17-24-21(5-7-23(35-24)19-9-13-33-14-10-19)28(26(18)30(31(36)37)39-32(2,3)4)22-6-8-25-27-20(12-16-38-25)11-15-34-29(22)27/h5-11,13-15,17,30H,12,16H2,1-4H3,(H,36,37)/t30-/m0/s1. The number of hydrogen-bond acceptors (Lipinski definition) is 6. The fourth-order valence-corrected chi connectivity index (χ4v) is 5.42. The van der Waals surface area contributed by atoms with Crippen LogP contribution in [0.5, 0.6) is 5.75 Å². The van der Waals surface area contributed by atoms with Crippen LogP contribution in [-0.2, 0) is 16.0 Å². The van der Waals surface area contributed by atoms with E-state index >= 15 is 0 Å². The van der Waals surface area contributed by atoms with Gasteiger partial charge in [-0.1, -0.05) is 6.07 Å². The number of aryl methyl sites for hydroxylation is 1. The Balaban J connectivity index is 1.70. The minimum atomic E-state index is -1.19. The Hall–Kier alpha value is -4.36. The molecule has 1 atom stereocenters. The number of carboxylic acid groups (broad SMARTS) is 1. The van der Waals surface area contributed by atoms with E-state index < -0.39 is 17.7 Å². The highest BCUT2D eigenvalue weighted by Gasteiger charge is 2.33. The fourth-order valence-electron chi connectivity index (χ4n) is 5.42. The lowest BCUT2D eigenvalue weighted by Crippen LogP contribution is -2.28. The van der Waals surface area contributed by atoms with E-state index in [0.29, 0.717) is 12.2 Å². The highest BCUT2D eigenvalue weighted by molar-refractivity contribution is 6.08. The SMILES string of the molecule is Cc1cc2nc(-c3ccncc3)ccc2c(-c2ccc3c4c(ccnc24)CCO3)c1[C@H](OC(C)(C)C)C(=O)O. The molecule has 5 aromatic rings. The topological polar surface area (TPSA) is 94.4 Å². The van der Waals surface area contributed by atoms with Crippen molar-refractivity contribution in [2.45, 2.75) is 45.8 Å². The first-order chi connectivity index (χ1) is 18.7. The number of aromatic nitrogens is 3. The summed E-state index contributed by atoms with van der Waals surface area (Å²) >= 11 is 0. The zero-order valence-electron chi connectivity index (χ0n) is 22.4. The predicted molar refractivity (Wildman–Crippen MR) is 151 cm³/mol. The van der Waals surface area contributed by atoms with E-state index in [1.807, 2.05) is 82.4 Å². The summed E-state index contributed by atoms with van der Waals surface area (Å²) < 4.78 is 12.2. The van der Waals surface area contributed by atoms with Gasteiger partial charge in [0.2, 0.25) is 0 Å². The van der Waals surface area contributed by atoms with E-state index in [-0.39, 0.29) is 0 Å². The number of hydrogen-bond donors (Lipinski definition) is 1. The van der Waals surface area contributed by atoms with E-state index in [9.17, 15) is 9.90 Å². The molecule has 3 aromatic heterocycles. The van der Waals surface area contributed by atoms with Gasteiger partial charge < -0.3 is 14.6 Å². The molecule has 0 saturated heterocycles. The lowest BCUT2D eigenvalue weighted by atomic mass is 9.86. The molecule has 1 aliphatic rings. The fraction of sp³-hybridized carbons (Fsp3) is 0.250. The van der Waals surface area contributed by atoms with Gasteiger partial charge in [0.1, 0.15) is 5.75 Å². The third-order valence-corrected chi connectivity index (χ3v) is 7.01. The number of carbonyl (C=O) groups is 1. The van der Waals surface area contributed by atoms with Crippen LogP contribution >= 0.6 is 0 Å². The van der Waals surface area contributed by atoms with Crippen LogP contribution in [0.4, 0.5) is 0 Å². The molecule has 1 aliphatic heterocycles. The molecule has 7 nitrogen and oxygen atoms in total. The first-order valence-electron chi connectivity index (χ1n) is 13.0. The van der Waals surface area contributed by atoms with Gasteiger partial charge in [-0.3, -0.25) is 9.97 Å². The Morgan fingerprint density at radius 1 is 1.05 bits per heavy atom. The van der Waals surface area contributed by atoms with Crippen LogP contribution in [0.3, 0.4) is 0 Å². The Morgan fingerprint density at radius 3 is 2.59 bits per heavy atom. The average Bonchev–Trinajstić information content (AvgIpc) is 2.91. The molecule has 0 aliphatic carbocycles. The summed E-state index contributed by atoms with van der Waals surface area (Å²) in [5, 5.41) is 12.2. The van der Waals surface area contributed by atoms with Crippen LogP contribution < -0.4 is 4.74 Å². The van der Waals surface area contributed by atoms with Crippen LogP contribution in [-0.4, -0.2) is 38.2 Å². The van der Waals surface area contributed by atoms with Crippen molar-refractivity contribution >= 4 is 27.8 Å². The maximum absolute atomic E-state index is 12.7. The molecule has 0 saturated carbocycles. The van der Waals surface area contributed by atoms with Crippen molar-refractivity contribution in [2.75, 3.05) is 6.61 Å². The van der Waals surface area contributed by atoms with Gasteiger partial charge in [0.15, 0.2) is 6.10 Å². The Labute approximate surface area is 226 Å². The molecular weight excluding hydrogens is 490 g/mol. The lowest BCUT2D eigenvalue weighted by Gasteiger charge is -2.29. The third kappa shape index (κ3) is 4.49. The molecule has 1 N–H and O–H groups in total. The molecule has 0 unspecified atom stereocenters. The summed E-state index contributed by atoms with van der Waals surface area (Å²) in [6, 6.07) is 15.7. The van der Waals surface area contributed by atoms with Crippen LogP contribution in [0.1, 0.15) is 43.6 Å². The van der Waals surface area contributed by atoms with Gasteiger partial charge >= 0.3 is 5.97 Å². The minimum absolute atomic E-state index is 0.600. The van der Waals surface area contributed by atoms with E-state index in [4.69, 9.17) is 19.4 Å². The van der Waals surface area contributed by atoms with E-state index in [1.54, 1.807) is 12.4 Å². The second-order valence-electron chi connectivity index (χ2n) is 10.8. The van der Waals surface area contributed by atoms with Crippen LogP contribution in [0.15, 0.2) is 67.1 Å². The van der Waals surface area contributed by atoms with Crippen molar-refractivity contribution in [1.29, 1.82) is 0 Å². The third-order valence-electron chi connectivity index (χ3n) is 7.01. The minimum Gasteiger partial charge on any atom is -0.493 e. The van der Waals surface area contributed by atoms with Crippen molar-refractivity contribution in [1.82, 2.24) is 15.0 Å². The van der Waals surface area contributed by atoms with Crippen LogP contribution in [0, 0.1) is 6.92 Å². The maximum Gasteiger partial charge on any atom is 0.337 e. The second kappa shape index (κ2) is 9.43. The molecule has 196 valence electrons. The number of benzene rings is 2. The van der Waals surface area contributed by atoms with Gasteiger partial charge in [-0.2, -0.15) is 0 Å². The summed E-state index contributed by atoms with van der Waals surface area (Å²) in [7, 11) is 0. The first kappa shape index (κ1) is 24.9. The lowest BCUT2D eigenvalue weighted by molar-refractivity contribution is -0.160.